The normalized spacial score (nSPS) is 12.1. The maximum absolute atomic E-state index is 12.1. The highest BCUT2D eigenvalue weighted by Gasteiger charge is 2.12. The Hall–Kier alpha value is -2.68. The second kappa shape index (κ2) is 5.84. The summed E-state index contributed by atoms with van der Waals surface area (Å²) in [5, 5.41) is 0. The lowest BCUT2D eigenvalue weighted by Crippen LogP contribution is -2.11. The van der Waals surface area contributed by atoms with Gasteiger partial charge in [0, 0.05) is 0 Å². The van der Waals surface area contributed by atoms with Crippen molar-refractivity contribution in [2.45, 2.75) is 26.2 Å². The van der Waals surface area contributed by atoms with Crippen molar-refractivity contribution in [3.63, 3.8) is 0 Å². The number of aromatic nitrogens is 2. The summed E-state index contributed by atoms with van der Waals surface area (Å²) in [5.74, 6) is 0. The highest BCUT2D eigenvalue weighted by atomic mass is 16.1. The summed E-state index contributed by atoms with van der Waals surface area (Å²) in [6.45, 7) is 6.57. The fourth-order valence-corrected chi connectivity index (χ4v) is 2.43. The molecule has 1 aromatic heterocycles. The molecule has 0 aliphatic heterocycles. The van der Waals surface area contributed by atoms with Crippen LogP contribution in [0.2, 0.25) is 0 Å². The Morgan fingerprint density at radius 1 is 0.957 bits per heavy atom. The van der Waals surface area contributed by atoms with Crippen molar-refractivity contribution in [3.8, 4) is 0 Å². The molecular weight excluding hydrogens is 284 g/mol. The van der Waals surface area contributed by atoms with Crippen molar-refractivity contribution in [2.24, 2.45) is 0 Å². The fraction of sp³-hybridized carbons (Fsp3) is 0.200. The SMILES string of the molecule is CC(C)(C)c1ccc(/C=C/c2nc3ccccc3[nH]c2=O)cc1. The van der Waals surface area contributed by atoms with Crippen LogP contribution in [-0.4, -0.2) is 9.97 Å². The molecule has 0 aliphatic rings. The topological polar surface area (TPSA) is 45.8 Å². The zero-order valence-electron chi connectivity index (χ0n) is 13.6. The minimum Gasteiger partial charge on any atom is -0.319 e. The van der Waals surface area contributed by atoms with Crippen LogP contribution in [0.15, 0.2) is 53.3 Å². The second-order valence-corrected chi connectivity index (χ2v) is 6.67. The van der Waals surface area contributed by atoms with Crippen LogP contribution in [-0.2, 0) is 5.41 Å². The lowest BCUT2D eigenvalue weighted by atomic mass is 9.87. The van der Waals surface area contributed by atoms with E-state index >= 15 is 0 Å². The summed E-state index contributed by atoms with van der Waals surface area (Å²) < 4.78 is 0. The number of benzene rings is 2. The molecule has 0 saturated carbocycles. The van der Waals surface area contributed by atoms with Gasteiger partial charge in [-0.2, -0.15) is 0 Å². The van der Waals surface area contributed by atoms with Gasteiger partial charge in [-0.05, 0) is 34.8 Å². The van der Waals surface area contributed by atoms with Crippen LogP contribution in [0, 0.1) is 0 Å². The van der Waals surface area contributed by atoms with E-state index in [0.717, 1.165) is 16.6 Å². The predicted molar refractivity (Wildman–Crippen MR) is 96.4 cm³/mol. The smallest absolute Gasteiger partial charge is 0.274 e. The van der Waals surface area contributed by atoms with Gasteiger partial charge in [0.05, 0.1) is 11.0 Å². The maximum atomic E-state index is 12.1. The van der Waals surface area contributed by atoms with Gasteiger partial charge in [0.2, 0.25) is 0 Å². The largest absolute Gasteiger partial charge is 0.319 e. The fourth-order valence-electron chi connectivity index (χ4n) is 2.43. The van der Waals surface area contributed by atoms with Crippen LogP contribution in [0.4, 0.5) is 0 Å². The molecule has 116 valence electrons. The second-order valence-electron chi connectivity index (χ2n) is 6.67. The molecule has 0 atom stereocenters. The molecular formula is C20H20N2O. The Kier molecular flexibility index (Phi) is 3.87. The molecule has 0 saturated heterocycles. The minimum atomic E-state index is -0.175. The zero-order chi connectivity index (χ0) is 16.4. The Labute approximate surface area is 135 Å². The average molecular weight is 304 g/mol. The monoisotopic (exact) mass is 304 g/mol. The van der Waals surface area contributed by atoms with Crippen molar-refractivity contribution in [1.82, 2.24) is 9.97 Å². The first-order chi connectivity index (χ1) is 10.9. The Bertz CT molecular complexity index is 913. The maximum Gasteiger partial charge on any atom is 0.274 e. The van der Waals surface area contributed by atoms with Crippen LogP contribution in [0.1, 0.15) is 37.6 Å². The van der Waals surface area contributed by atoms with E-state index in [4.69, 9.17) is 0 Å². The Morgan fingerprint density at radius 2 is 1.65 bits per heavy atom. The summed E-state index contributed by atoms with van der Waals surface area (Å²) in [7, 11) is 0. The van der Waals surface area contributed by atoms with Gasteiger partial charge in [-0.3, -0.25) is 4.79 Å². The lowest BCUT2D eigenvalue weighted by molar-refractivity contribution is 0.590. The van der Waals surface area contributed by atoms with Gasteiger partial charge in [-0.1, -0.05) is 63.2 Å². The van der Waals surface area contributed by atoms with E-state index in [9.17, 15) is 4.79 Å². The van der Waals surface area contributed by atoms with Gasteiger partial charge >= 0.3 is 0 Å². The van der Waals surface area contributed by atoms with E-state index in [2.05, 4.69) is 55.0 Å². The summed E-state index contributed by atoms with van der Waals surface area (Å²) >= 11 is 0. The molecule has 23 heavy (non-hydrogen) atoms. The number of hydrogen-bond donors (Lipinski definition) is 1. The third kappa shape index (κ3) is 3.39. The minimum absolute atomic E-state index is 0.138. The molecule has 0 amide bonds. The molecule has 0 spiro atoms. The number of para-hydroxylation sites is 2. The lowest BCUT2D eigenvalue weighted by Gasteiger charge is -2.18. The molecule has 1 N–H and O–H groups in total. The zero-order valence-corrected chi connectivity index (χ0v) is 13.6. The van der Waals surface area contributed by atoms with Crippen LogP contribution in [0.25, 0.3) is 23.2 Å². The highest BCUT2D eigenvalue weighted by molar-refractivity contribution is 5.76. The predicted octanol–water partition coefficient (Wildman–Crippen LogP) is 4.39. The van der Waals surface area contributed by atoms with E-state index in [1.807, 2.05) is 30.3 Å². The molecule has 0 bridgehead atoms. The van der Waals surface area contributed by atoms with E-state index < -0.39 is 0 Å². The first-order valence-electron chi connectivity index (χ1n) is 7.71. The van der Waals surface area contributed by atoms with E-state index in [-0.39, 0.29) is 11.0 Å². The van der Waals surface area contributed by atoms with Crippen molar-refractivity contribution >= 4 is 23.2 Å². The molecule has 3 aromatic rings. The number of rotatable bonds is 2. The van der Waals surface area contributed by atoms with Crippen LogP contribution < -0.4 is 5.56 Å². The first kappa shape index (κ1) is 15.2. The number of fused-ring (bicyclic) bond motifs is 1. The van der Waals surface area contributed by atoms with Crippen molar-refractivity contribution < 1.29 is 0 Å². The van der Waals surface area contributed by atoms with E-state index in [1.54, 1.807) is 6.08 Å². The van der Waals surface area contributed by atoms with Gasteiger partial charge < -0.3 is 4.98 Å². The van der Waals surface area contributed by atoms with Gasteiger partial charge in [0.15, 0.2) is 0 Å². The molecule has 0 fully saturated rings. The molecule has 3 nitrogen and oxygen atoms in total. The Balaban J connectivity index is 1.91. The standard InChI is InChI=1S/C20H20N2O/c1-20(2,3)15-11-8-14(9-12-15)10-13-18-19(23)22-17-7-5-4-6-16(17)21-18/h4-13H,1-3H3,(H,22,23)/b13-10+. The van der Waals surface area contributed by atoms with Crippen LogP contribution >= 0.6 is 0 Å². The highest BCUT2D eigenvalue weighted by Crippen LogP contribution is 2.22. The van der Waals surface area contributed by atoms with Gasteiger partial charge in [0.1, 0.15) is 5.69 Å². The average Bonchev–Trinajstić information content (AvgIpc) is 2.52. The van der Waals surface area contributed by atoms with Crippen molar-refractivity contribution in [3.05, 3.63) is 75.7 Å². The molecule has 1 heterocycles. The number of hydrogen-bond acceptors (Lipinski definition) is 2. The van der Waals surface area contributed by atoms with E-state index in [0.29, 0.717) is 5.69 Å². The molecule has 0 aliphatic carbocycles. The van der Waals surface area contributed by atoms with Gasteiger partial charge in [-0.25, -0.2) is 4.98 Å². The number of aromatic amines is 1. The molecule has 0 unspecified atom stereocenters. The molecule has 3 heteroatoms. The molecule has 0 radical (unpaired) electrons. The van der Waals surface area contributed by atoms with Crippen LogP contribution in [0.5, 0.6) is 0 Å². The molecule has 3 rings (SSSR count). The summed E-state index contributed by atoms with van der Waals surface area (Å²) in [5.41, 5.74) is 4.26. The number of nitrogens with zero attached hydrogens (tertiary/aromatic N) is 1. The summed E-state index contributed by atoms with van der Waals surface area (Å²) in [6.07, 6.45) is 3.68. The first-order valence-corrected chi connectivity index (χ1v) is 7.71. The Morgan fingerprint density at radius 3 is 2.35 bits per heavy atom. The van der Waals surface area contributed by atoms with E-state index in [1.165, 1.54) is 5.56 Å². The quantitative estimate of drug-likeness (QED) is 0.763. The van der Waals surface area contributed by atoms with Gasteiger partial charge in [-0.15, -0.1) is 0 Å². The molecule has 2 aromatic carbocycles. The number of nitrogens with one attached hydrogen (secondary N) is 1. The number of H-pyrrole nitrogens is 1. The van der Waals surface area contributed by atoms with Gasteiger partial charge in [0.25, 0.3) is 5.56 Å². The van der Waals surface area contributed by atoms with Crippen LogP contribution in [0.3, 0.4) is 0 Å². The summed E-state index contributed by atoms with van der Waals surface area (Å²) in [4.78, 5) is 19.3. The summed E-state index contributed by atoms with van der Waals surface area (Å²) in [6, 6.07) is 15.9. The van der Waals surface area contributed by atoms with Crippen molar-refractivity contribution in [2.75, 3.05) is 0 Å². The van der Waals surface area contributed by atoms with Crippen molar-refractivity contribution in [1.29, 1.82) is 0 Å². The third-order valence-corrected chi connectivity index (χ3v) is 3.84. The third-order valence-electron chi connectivity index (χ3n) is 3.84.